The van der Waals surface area contributed by atoms with Crippen LogP contribution in [-0.4, -0.2) is 5.78 Å². The zero-order chi connectivity index (χ0) is 11.5. The van der Waals surface area contributed by atoms with Gasteiger partial charge in [-0.3, -0.25) is 4.79 Å². The number of Topliss-reactive ketones (excluding diaryl/α,β-unsaturated/α-hetero) is 1. The standard InChI is InChI=1S/C13H14NOS.BrH/c1-10-8-14(11(2)16-10)9-13(15)12-6-4-3-5-7-12;/h3-8H,9H2,1-2H3;1H/q+1;/p-1. The van der Waals surface area contributed by atoms with E-state index in [1.165, 1.54) is 9.88 Å². The van der Waals surface area contributed by atoms with Crippen LogP contribution in [0.1, 0.15) is 20.2 Å². The van der Waals surface area contributed by atoms with Crippen molar-refractivity contribution in [3.8, 4) is 0 Å². The molecule has 2 aromatic rings. The molecule has 0 spiro atoms. The molecule has 90 valence electrons. The Balaban J connectivity index is 0.00000144. The fraction of sp³-hybridized carbons (Fsp3) is 0.231. The maximum atomic E-state index is 12.0. The number of halogens is 1. The highest BCUT2D eigenvalue weighted by Crippen LogP contribution is 2.08. The summed E-state index contributed by atoms with van der Waals surface area (Å²) in [6, 6.07) is 9.42. The summed E-state index contributed by atoms with van der Waals surface area (Å²) in [5.74, 6) is 0.159. The Morgan fingerprint density at radius 1 is 1.24 bits per heavy atom. The molecule has 0 amide bonds. The monoisotopic (exact) mass is 311 g/mol. The van der Waals surface area contributed by atoms with E-state index in [1.54, 1.807) is 11.3 Å². The largest absolute Gasteiger partial charge is 1.00 e. The zero-order valence-corrected chi connectivity index (χ0v) is 12.2. The van der Waals surface area contributed by atoms with E-state index in [-0.39, 0.29) is 22.8 Å². The van der Waals surface area contributed by atoms with Gasteiger partial charge in [0.1, 0.15) is 0 Å². The van der Waals surface area contributed by atoms with Gasteiger partial charge in [0.25, 0.3) is 0 Å². The molecule has 17 heavy (non-hydrogen) atoms. The van der Waals surface area contributed by atoms with Crippen LogP contribution in [0, 0.1) is 13.8 Å². The second-order valence-electron chi connectivity index (χ2n) is 3.78. The Morgan fingerprint density at radius 3 is 2.41 bits per heavy atom. The first-order valence-electron chi connectivity index (χ1n) is 5.21. The molecule has 2 rings (SSSR count). The lowest BCUT2D eigenvalue weighted by molar-refractivity contribution is -0.684. The van der Waals surface area contributed by atoms with Crippen molar-refractivity contribution in [1.82, 2.24) is 0 Å². The molecule has 1 heterocycles. The molecule has 0 radical (unpaired) electrons. The van der Waals surface area contributed by atoms with Crippen LogP contribution in [0.5, 0.6) is 0 Å². The van der Waals surface area contributed by atoms with Crippen molar-refractivity contribution in [1.29, 1.82) is 0 Å². The third kappa shape index (κ3) is 3.48. The Labute approximate surface area is 116 Å². The molecule has 0 bridgehead atoms. The SMILES string of the molecule is Cc1c[n+](CC(=O)c2ccccc2)c(C)s1.[Br-]. The van der Waals surface area contributed by atoms with Gasteiger partial charge in [-0.05, 0) is 6.92 Å². The predicted molar refractivity (Wildman–Crippen MR) is 64.8 cm³/mol. The van der Waals surface area contributed by atoms with Gasteiger partial charge in [-0.1, -0.05) is 41.7 Å². The summed E-state index contributed by atoms with van der Waals surface area (Å²) in [6.07, 6.45) is 2.03. The zero-order valence-electron chi connectivity index (χ0n) is 9.81. The van der Waals surface area contributed by atoms with Gasteiger partial charge in [0.15, 0.2) is 6.20 Å². The molecule has 4 heteroatoms. The van der Waals surface area contributed by atoms with Crippen molar-refractivity contribution in [2.75, 3.05) is 0 Å². The summed E-state index contributed by atoms with van der Waals surface area (Å²) in [5, 5.41) is 1.17. The molecular weight excluding hydrogens is 298 g/mol. The van der Waals surface area contributed by atoms with Gasteiger partial charge >= 0.3 is 0 Å². The van der Waals surface area contributed by atoms with Crippen LogP contribution in [0.2, 0.25) is 0 Å². The number of hydrogen-bond acceptors (Lipinski definition) is 2. The molecule has 1 aromatic heterocycles. The molecule has 0 atom stereocenters. The van der Waals surface area contributed by atoms with Crippen molar-refractivity contribution in [3.05, 3.63) is 52.0 Å². The van der Waals surface area contributed by atoms with Crippen LogP contribution >= 0.6 is 11.3 Å². The van der Waals surface area contributed by atoms with E-state index in [0.29, 0.717) is 6.54 Å². The summed E-state index contributed by atoms with van der Waals surface area (Å²) in [7, 11) is 0. The Kier molecular flexibility index (Phi) is 5.02. The Hall–Kier alpha value is -1.000. The van der Waals surface area contributed by atoms with Gasteiger partial charge in [-0.25, -0.2) is 0 Å². The topological polar surface area (TPSA) is 20.9 Å². The van der Waals surface area contributed by atoms with Crippen molar-refractivity contribution in [2.45, 2.75) is 20.4 Å². The van der Waals surface area contributed by atoms with Crippen LogP contribution in [-0.2, 0) is 6.54 Å². The maximum absolute atomic E-state index is 12.0. The molecule has 1 aromatic carbocycles. The normalized spacial score (nSPS) is 9.76. The first kappa shape index (κ1) is 14.1. The van der Waals surface area contributed by atoms with E-state index < -0.39 is 0 Å². The van der Waals surface area contributed by atoms with E-state index >= 15 is 0 Å². The second-order valence-corrected chi connectivity index (χ2v) is 5.22. The lowest BCUT2D eigenvalue weighted by Crippen LogP contribution is -3.00. The highest BCUT2D eigenvalue weighted by Gasteiger charge is 2.16. The Bertz CT molecular complexity index is 507. The predicted octanol–water partition coefficient (Wildman–Crippen LogP) is -0.461. The average Bonchev–Trinajstić information content (AvgIpc) is 2.59. The lowest BCUT2D eigenvalue weighted by atomic mass is 10.1. The molecule has 2 nitrogen and oxygen atoms in total. The highest BCUT2D eigenvalue weighted by molar-refractivity contribution is 7.11. The average molecular weight is 312 g/mol. The van der Waals surface area contributed by atoms with Crippen LogP contribution < -0.4 is 21.5 Å². The smallest absolute Gasteiger partial charge is 0.234 e. The van der Waals surface area contributed by atoms with Crippen LogP contribution in [0.4, 0.5) is 0 Å². The quantitative estimate of drug-likeness (QED) is 0.555. The molecule has 0 aliphatic heterocycles. The summed E-state index contributed by atoms with van der Waals surface area (Å²) >= 11 is 1.72. The van der Waals surface area contributed by atoms with Crippen LogP contribution in [0.3, 0.4) is 0 Å². The molecule has 0 saturated heterocycles. The minimum atomic E-state index is 0. The molecule has 0 unspecified atom stereocenters. The number of ketones is 1. The number of hydrogen-bond donors (Lipinski definition) is 0. The summed E-state index contributed by atoms with van der Waals surface area (Å²) in [6.45, 7) is 4.53. The van der Waals surface area contributed by atoms with Gasteiger partial charge in [-0.15, -0.1) is 0 Å². The van der Waals surface area contributed by atoms with Crippen LogP contribution in [0.25, 0.3) is 0 Å². The first-order valence-corrected chi connectivity index (χ1v) is 6.03. The number of aryl methyl sites for hydroxylation is 2. The fourth-order valence-electron chi connectivity index (χ4n) is 1.66. The van der Waals surface area contributed by atoms with Crippen LogP contribution in [0.15, 0.2) is 36.5 Å². The van der Waals surface area contributed by atoms with Gasteiger partial charge in [-0.2, -0.15) is 4.57 Å². The molecule has 0 N–H and O–H groups in total. The van der Waals surface area contributed by atoms with Gasteiger partial charge in [0.2, 0.25) is 17.3 Å². The molecular formula is C13H14BrNOS. The molecule has 0 aliphatic rings. The third-order valence-electron chi connectivity index (χ3n) is 2.46. The lowest BCUT2D eigenvalue weighted by Gasteiger charge is -1.96. The van der Waals surface area contributed by atoms with E-state index in [1.807, 2.05) is 48.0 Å². The molecule has 0 saturated carbocycles. The highest BCUT2D eigenvalue weighted by atomic mass is 79.9. The Morgan fingerprint density at radius 2 is 1.88 bits per heavy atom. The van der Waals surface area contributed by atoms with Crippen molar-refractivity contribution in [3.63, 3.8) is 0 Å². The summed E-state index contributed by atoms with van der Waals surface area (Å²) < 4.78 is 2.01. The summed E-state index contributed by atoms with van der Waals surface area (Å²) in [5.41, 5.74) is 0.776. The number of carbonyl (C=O) groups is 1. The number of thiazole rings is 1. The number of aromatic nitrogens is 1. The van der Waals surface area contributed by atoms with Crippen molar-refractivity contribution < 1.29 is 26.3 Å². The van der Waals surface area contributed by atoms with Crippen molar-refractivity contribution in [2.24, 2.45) is 0 Å². The van der Waals surface area contributed by atoms with Gasteiger partial charge < -0.3 is 17.0 Å². The number of rotatable bonds is 3. The van der Waals surface area contributed by atoms with E-state index in [2.05, 4.69) is 6.92 Å². The summed E-state index contributed by atoms with van der Waals surface area (Å²) in [4.78, 5) is 13.2. The molecule has 0 fully saturated rings. The minimum absolute atomic E-state index is 0. The maximum Gasteiger partial charge on any atom is 0.234 e. The van der Waals surface area contributed by atoms with E-state index in [4.69, 9.17) is 0 Å². The number of nitrogens with zero attached hydrogens (tertiary/aromatic N) is 1. The number of benzene rings is 1. The third-order valence-corrected chi connectivity index (χ3v) is 3.42. The first-order chi connectivity index (χ1) is 7.66. The van der Waals surface area contributed by atoms with Gasteiger partial charge in [0, 0.05) is 12.5 Å². The van der Waals surface area contributed by atoms with E-state index in [0.717, 1.165) is 5.56 Å². The van der Waals surface area contributed by atoms with Crippen molar-refractivity contribution >= 4 is 17.1 Å². The van der Waals surface area contributed by atoms with E-state index in [9.17, 15) is 4.79 Å². The second kappa shape index (κ2) is 6.07. The molecule has 0 aliphatic carbocycles. The van der Waals surface area contributed by atoms with Gasteiger partial charge in [0.05, 0.1) is 4.88 Å². The minimum Gasteiger partial charge on any atom is -1.00 e. The fourth-order valence-corrected chi connectivity index (χ4v) is 2.54. The number of carbonyl (C=O) groups excluding carboxylic acids is 1.